The summed E-state index contributed by atoms with van der Waals surface area (Å²) < 4.78 is 14.7. The third-order valence-corrected chi connectivity index (χ3v) is 3.99. The van der Waals surface area contributed by atoms with Crippen LogP contribution in [0.4, 0.5) is 15.9 Å². The number of aryl methyl sites for hydroxylation is 1. The minimum Gasteiger partial charge on any atom is -0.360 e. The molecule has 0 spiro atoms. The Morgan fingerprint density at radius 1 is 1.25 bits per heavy atom. The van der Waals surface area contributed by atoms with Crippen LogP contribution in [-0.4, -0.2) is 22.4 Å². The predicted molar refractivity (Wildman–Crippen MR) is 95.5 cm³/mol. The molecule has 1 heterocycles. The molecule has 0 fully saturated rings. The summed E-state index contributed by atoms with van der Waals surface area (Å²) in [6, 6.07) is 10.2. The molecule has 0 saturated carbocycles. The van der Waals surface area contributed by atoms with Crippen LogP contribution in [0.5, 0.6) is 0 Å². The molecular formula is C17H14BrFN4O. The minimum atomic E-state index is -0.423. The average molecular weight is 389 g/mol. The van der Waals surface area contributed by atoms with Gasteiger partial charge in [-0.15, -0.1) is 0 Å². The zero-order valence-electron chi connectivity index (χ0n) is 12.8. The number of carbonyl (C=O) groups is 1. The van der Waals surface area contributed by atoms with E-state index in [0.717, 1.165) is 15.7 Å². The molecule has 0 bridgehead atoms. The molecule has 24 heavy (non-hydrogen) atoms. The number of rotatable bonds is 4. The molecule has 1 aromatic heterocycles. The molecule has 5 nitrogen and oxygen atoms in total. The van der Waals surface area contributed by atoms with Gasteiger partial charge >= 0.3 is 0 Å². The third kappa shape index (κ3) is 3.51. The fourth-order valence-corrected chi connectivity index (χ4v) is 2.79. The van der Waals surface area contributed by atoms with Gasteiger partial charge in [-0.2, -0.15) is 0 Å². The normalized spacial score (nSPS) is 10.6. The van der Waals surface area contributed by atoms with Crippen molar-refractivity contribution in [2.24, 2.45) is 0 Å². The highest BCUT2D eigenvalue weighted by atomic mass is 79.9. The van der Waals surface area contributed by atoms with Gasteiger partial charge in [0.2, 0.25) is 5.91 Å². The molecule has 0 aliphatic rings. The van der Waals surface area contributed by atoms with E-state index in [4.69, 9.17) is 0 Å². The van der Waals surface area contributed by atoms with Gasteiger partial charge in [0, 0.05) is 15.5 Å². The fraction of sp³-hybridized carbons (Fsp3) is 0.118. The number of benzene rings is 2. The topological polar surface area (TPSA) is 66.9 Å². The zero-order chi connectivity index (χ0) is 17.1. The van der Waals surface area contributed by atoms with Crippen molar-refractivity contribution in [3.8, 4) is 0 Å². The second-order valence-electron chi connectivity index (χ2n) is 5.22. The van der Waals surface area contributed by atoms with Gasteiger partial charge in [0.25, 0.3) is 0 Å². The van der Waals surface area contributed by atoms with E-state index >= 15 is 0 Å². The molecule has 3 aromatic rings. The highest BCUT2D eigenvalue weighted by Crippen LogP contribution is 2.22. The molecule has 0 radical (unpaired) electrons. The van der Waals surface area contributed by atoms with Crippen molar-refractivity contribution in [3.05, 3.63) is 58.6 Å². The summed E-state index contributed by atoms with van der Waals surface area (Å²) >= 11 is 3.38. The molecule has 122 valence electrons. The largest absolute Gasteiger partial charge is 0.360 e. The number of nitrogens with zero attached hydrogens (tertiary/aromatic N) is 2. The summed E-state index contributed by atoms with van der Waals surface area (Å²) in [5.74, 6) is -0.223. The van der Waals surface area contributed by atoms with E-state index in [2.05, 4.69) is 36.5 Å². The van der Waals surface area contributed by atoms with Crippen molar-refractivity contribution in [1.29, 1.82) is 0 Å². The van der Waals surface area contributed by atoms with Gasteiger partial charge in [-0.25, -0.2) is 14.4 Å². The second kappa shape index (κ2) is 6.92. The van der Waals surface area contributed by atoms with Crippen LogP contribution in [0.3, 0.4) is 0 Å². The number of amides is 1. The number of para-hydroxylation sites is 1. The molecule has 7 heteroatoms. The lowest BCUT2D eigenvalue weighted by molar-refractivity contribution is -0.114. The van der Waals surface area contributed by atoms with Crippen LogP contribution in [-0.2, 0) is 4.79 Å². The van der Waals surface area contributed by atoms with E-state index in [0.29, 0.717) is 11.2 Å². The van der Waals surface area contributed by atoms with Crippen molar-refractivity contribution in [2.75, 3.05) is 17.2 Å². The van der Waals surface area contributed by atoms with E-state index in [1.165, 1.54) is 12.4 Å². The Labute approximate surface area is 146 Å². The number of hydrogen-bond donors (Lipinski definition) is 2. The maximum Gasteiger partial charge on any atom is 0.243 e. The van der Waals surface area contributed by atoms with Crippen LogP contribution in [0.1, 0.15) is 5.56 Å². The number of aromatic nitrogens is 2. The van der Waals surface area contributed by atoms with Gasteiger partial charge in [0.15, 0.2) is 0 Å². The SMILES string of the molecule is Cc1cc(Br)ccc1NC(=O)CNc1ncnc2c(F)cccc12. The molecule has 0 unspecified atom stereocenters. The maximum atomic E-state index is 13.7. The number of hydrogen-bond acceptors (Lipinski definition) is 4. The van der Waals surface area contributed by atoms with Crippen LogP contribution in [0, 0.1) is 12.7 Å². The van der Waals surface area contributed by atoms with E-state index in [9.17, 15) is 9.18 Å². The van der Waals surface area contributed by atoms with Crippen LogP contribution in [0.15, 0.2) is 47.2 Å². The van der Waals surface area contributed by atoms with Gasteiger partial charge < -0.3 is 10.6 Å². The number of anilines is 2. The minimum absolute atomic E-state index is 0.0120. The molecule has 0 aliphatic carbocycles. The first-order chi connectivity index (χ1) is 11.5. The lowest BCUT2D eigenvalue weighted by Crippen LogP contribution is -2.22. The number of fused-ring (bicyclic) bond motifs is 1. The van der Waals surface area contributed by atoms with Gasteiger partial charge in [0.05, 0.1) is 6.54 Å². The average Bonchev–Trinajstić information content (AvgIpc) is 2.56. The Morgan fingerprint density at radius 2 is 2.08 bits per heavy atom. The van der Waals surface area contributed by atoms with E-state index < -0.39 is 5.82 Å². The molecule has 0 atom stereocenters. The van der Waals surface area contributed by atoms with E-state index in [-0.39, 0.29) is 18.0 Å². The molecule has 1 amide bonds. The van der Waals surface area contributed by atoms with Crippen molar-refractivity contribution in [1.82, 2.24) is 9.97 Å². The zero-order valence-corrected chi connectivity index (χ0v) is 14.4. The van der Waals surface area contributed by atoms with Crippen molar-refractivity contribution in [3.63, 3.8) is 0 Å². The third-order valence-electron chi connectivity index (χ3n) is 3.49. The fourth-order valence-electron chi connectivity index (χ4n) is 2.32. The first-order valence-corrected chi connectivity index (χ1v) is 8.03. The lowest BCUT2D eigenvalue weighted by atomic mass is 10.2. The molecule has 0 aliphatic heterocycles. The highest BCUT2D eigenvalue weighted by Gasteiger charge is 2.09. The standard InChI is InChI=1S/C17H14BrFN4O/c1-10-7-11(18)5-6-14(10)23-15(24)8-20-17-12-3-2-4-13(19)16(12)21-9-22-17/h2-7,9H,8H2,1H3,(H,23,24)(H,20,21,22). The quantitative estimate of drug-likeness (QED) is 0.711. The van der Waals surface area contributed by atoms with Crippen molar-refractivity contribution >= 4 is 44.2 Å². The first kappa shape index (κ1) is 16.3. The number of halogens is 2. The van der Waals surface area contributed by atoms with Crippen molar-refractivity contribution < 1.29 is 9.18 Å². The van der Waals surface area contributed by atoms with Gasteiger partial charge in [-0.05, 0) is 42.8 Å². The summed E-state index contributed by atoms with van der Waals surface area (Å²) in [4.78, 5) is 20.1. The van der Waals surface area contributed by atoms with Gasteiger partial charge in [-0.1, -0.05) is 22.0 Å². The molecule has 3 rings (SSSR count). The second-order valence-corrected chi connectivity index (χ2v) is 6.13. The van der Waals surface area contributed by atoms with Gasteiger partial charge in [0.1, 0.15) is 23.5 Å². The summed E-state index contributed by atoms with van der Waals surface area (Å²) in [7, 11) is 0. The predicted octanol–water partition coefficient (Wildman–Crippen LogP) is 3.89. The number of nitrogens with one attached hydrogen (secondary N) is 2. The Hall–Kier alpha value is -2.54. The summed E-state index contributed by atoms with van der Waals surface area (Å²) in [5, 5.41) is 6.29. The van der Waals surface area contributed by atoms with E-state index in [1.54, 1.807) is 12.1 Å². The summed E-state index contributed by atoms with van der Waals surface area (Å²) in [5.41, 5.74) is 1.91. The van der Waals surface area contributed by atoms with Gasteiger partial charge in [-0.3, -0.25) is 4.79 Å². The van der Waals surface area contributed by atoms with Crippen molar-refractivity contribution in [2.45, 2.75) is 6.92 Å². The highest BCUT2D eigenvalue weighted by molar-refractivity contribution is 9.10. The van der Waals surface area contributed by atoms with E-state index in [1.807, 2.05) is 25.1 Å². The Morgan fingerprint density at radius 3 is 2.88 bits per heavy atom. The lowest BCUT2D eigenvalue weighted by Gasteiger charge is -2.11. The molecule has 0 saturated heterocycles. The first-order valence-electron chi connectivity index (χ1n) is 7.23. The maximum absolute atomic E-state index is 13.7. The molecular weight excluding hydrogens is 375 g/mol. The Balaban J connectivity index is 1.72. The molecule has 2 N–H and O–H groups in total. The summed E-state index contributed by atoms with van der Waals surface area (Å²) in [6.45, 7) is 1.92. The monoisotopic (exact) mass is 388 g/mol. The van der Waals surface area contributed by atoms with Crippen LogP contribution < -0.4 is 10.6 Å². The summed E-state index contributed by atoms with van der Waals surface area (Å²) in [6.07, 6.45) is 1.27. The van der Waals surface area contributed by atoms with Crippen LogP contribution in [0.2, 0.25) is 0 Å². The van der Waals surface area contributed by atoms with Crippen LogP contribution in [0.25, 0.3) is 10.9 Å². The van der Waals surface area contributed by atoms with Crippen LogP contribution >= 0.6 is 15.9 Å². The molecule has 2 aromatic carbocycles. The Bertz CT molecular complexity index is 916. The smallest absolute Gasteiger partial charge is 0.243 e. The number of carbonyl (C=O) groups excluding carboxylic acids is 1. The Kier molecular flexibility index (Phi) is 4.71.